The number of carbonyl (C=O) groups is 1. The molecule has 5 nitrogen and oxygen atoms in total. The smallest absolute Gasteiger partial charge is 0.444 e. The van der Waals surface area contributed by atoms with Gasteiger partial charge in [-0.05, 0) is 68.7 Å². The first-order chi connectivity index (χ1) is 10.6. The van der Waals surface area contributed by atoms with Crippen molar-refractivity contribution in [2.75, 3.05) is 6.54 Å². The summed E-state index contributed by atoms with van der Waals surface area (Å²) in [5.74, 6) is 2.02. The lowest BCUT2D eigenvalue weighted by atomic mass is 9.85. The Morgan fingerprint density at radius 3 is 2.08 bits per heavy atom. The maximum atomic E-state index is 12.5. The van der Waals surface area contributed by atoms with Gasteiger partial charge < -0.3 is 14.0 Å². The Bertz CT molecular complexity index is 530. The van der Waals surface area contributed by atoms with Gasteiger partial charge in [0.25, 0.3) is 0 Å². The number of hydrogen-bond donors (Lipinski definition) is 0. The number of hydrogen-bond acceptors (Lipinski definition) is 4. The summed E-state index contributed by atoms with van der Waals surface area (Å²) < 4.78 is 17.6. The van der Waals surface area contributed by atoms with Crippen LogP contribution in [0, 0.1) is 0 Å². The van der Waals surface area contributed by atoms with Gasteiger partial charge in [-0.3, -0.25) is 4.90 Å². The summed E-state index contributed by atoms with van der Waals surface area (Å²) in [5, 5.41) is 0. The van der Waals surface area contributed by atoms with Crippen LogP contribution < -0.4 is 0 Å². The molecule has 0 aliphatic carbocycles. The van der Waals surface area contributed by atoms with Crippen LogP contribution in [0.15, 0.2) is 11.5 Å². The van der Waals surface area contributed by atoms with Gasteiger partial charge in [0.15, 0.2) is 0 Å². The van der Waals surface area contributed by atoms with Crippen molar-refractivity contribution >= 4 is 13.2 Å². The molecule has 0 saturated carbocycles. The Kier molecular flexibility index (Phi) is 4.64. The second-order valence-electron chi connectivity index (χ2n) is 9.51. The van der Waals surface area contributed by atoms with Crippen molar-refractivity contribution in [3.05, 3.63) is 11.5 Å². The quantitative estimate of drug-likeness (QED) is 0.680. The fourth-order valence-corrected chi connectivity index (χ4v) is 3.01. The van der Waals surface area contributed by atoms with Gasteiger partial charge in [-0.15, -0.1) is 0 Å². The SMILES string of the molecule is CC(C)(C)OC(=O)N1C/C(=C/B2OC(C)(C)C(C)(C)O2)CC1(C)C. The highest BCUT2D eigenvalue weighted by atomic mass is 16.7. The van der Waals surface area contributed by atoms with Gasteiger partial charge in [-0.25, -0.2) is 4.79 Å². The van der Waals surface area contributed by atoms with Crippen molar-refractivity contribution in [1.82, 2.24) is 4.90 Å². The molecule has 2 heterocycles. The van der Waals surface area contributed by atoms with E-state index in [1.807, 2.05) is 54.4 Å². The molecule has 0 bridgehead atoms. The lowest BCUT2D eigenvalue weighted by molar-refractivity contribution is 0.00578. The molecule has 0 atom stereocenters. The summed E-state index contributed by atoms with van der Waals surface area (Å²) in [4.78, 5) is 14.3. The van der Waals surface area contributed by atoms with Crippen molar-refractivity contribution in [1.29, 1.82) is 0 Å². The second kappa shape index (κ2) is 5.77. The lowest BCUT2D eigenvalue weighted by Gasteiger charge is -2.33. The molecule has 24 heavy (non-hydrogen) atoms. The standard InChI is InChI=1S/C18H32BNO4/c1-15(2,3)22-14(21)20-12-13(10-16(20,4)5)11-19-23-17(6,7)18(8,9)24-19/h11H,10,12H2,1-9H3/b13-11+. The fraction of sp³-hybridized carbons (Fsp3) is 0.833. The zero-order valence-electron chi connectivity index (χ0n) is 16.6. The number of likely N-dealkylation sites (tertiary alicyclic amines) is 1. The minimum Gasteiger partial charge on any atom is -0.444 e. The molecule has 0 N–H and O–H groups in total. The molecule has 1 amide bonds. The third-order valence-corrected chi connectivity index (χ3v) is 5.01. The van der Waals surface area contributed by atoms with Crippen LogP contribution in [0.3, 0.4) is 0 Å². The van der Waals surface area contributed by atoms with E-state index in [-0.39, 0.29) is 30.0 Å². The summed E-state index contributed by atoms with van der Waals surface area (Å²) in [6.07, 6.45) is 0.515. The van der Waals surface area contributed by atoms with Gasteiger partial charge in [0.05, 0.1) is 11.2 Å². The Balaban J connectivity index is 2.11. The number of nitrogens with zero attached hydrogens (tertiary/aromatic N) is 1. The Morgan fingerprint density at radius 1 is 1.12 bits per heavy atom. The van der Waals surface area contributed by atoms with Gasteiger partial charge in [-0.2, -0.15) is 0 Å². The maximum Gasteiger partial charge on any atom is 0.487 e. The molecule has 0 aromatic heterocycles. The van der Waals surface area contributed by atoms with Crippen LogP contribution in [0.4, 0.5) is 4.79 Å². The molecule has 2 aliphatic heterocycles. The molecule has 2 saturated heterocycles. The number of carbonyl (C=O) groups excluding carboxylic acids is 1. The monoisotopic (exact) mass is 337 g/mol. The number of amides is 1. The molecule has 136 valence electrons. The molecule has 0 aromatic carbocycles. The summed E-state index contributed by atoms with van der Waals surface area (Å²) in [5.41, 5.74) is -0.339. The average molecular weight is 337 g/mol. The van der Waals surface area contributed by atoms with E-state index in [9.17, 15) is 4.79 Å². The van der Waals surface area contributed by atoms with E-state index in [0.717, 1.165) is 12.0 Å². The highest BCUT2D eigenvalue weighted by Crippen LogP contribution is 2.39. The maximum absolute atomic E-state index is 12.5. The van der Waals surface area contributed by atoms with Crippen LogP contribution in [0.1, 0.15) is 68.7 Å². The van der Waals surface area contributed by atoms with E-state index >= 15 is 0 Å². The lowest BCUT2D eigenvalue weighted by Crippen LogP contribution is -2.45. The van der Waals surface area contributed by atoms with Crippen molar-refractivity contribution in [2.45, 2.75) is 91.1 Å². The zero-order chi connectivity index (χ0) is 18.6. The first kappa shape index (κ1) is 19.3. The number of ether oxygens (including phenoxy) is 1. The van der Waals surface area contributed by atoms with E-state index in [0.29, 0.717) is 6.54 Å². The molecule has 0 spiro atoms. The Labute approximate surface area is 146 Å². The van der Waals surface area contributed by atoms with Gasteiger partial charge in [0.2, 0.25) is 0 Å². The van der Waals surface area contributed by atoms with Crippen LogP contribution in [-0.4, -0.2) is 47.0 Å². The predicted molar refractivity (Wildman–Crippen MR) is 95.8 cm³/mol. The topological polar surface area (TPSA) is 48.0 Å². The van der Waals surface area contributed by atoms with Gasteiger partial charge in [0.1, 0.15) is 5.60 Å². The fourth-order valence-electron chi connectivity index (χ4n) is 3.01. The summed E-state index contributed by atoms with van der Waals surface area (Å²) in [6, 6.07) is 0. The van der Waals surface area contributed by atoms with Gasteiger partial charge in [-0.1, -0.05) is 11.5 Å². The zero-order valence-corrected chi connectivity index (χ0v) is 16.6. The van der Waals surface area contributed by atoms with Crippen LogP contribution in [0.2, 0.25) is 0 Å². The van der Waals surface area contributed by atoms with Crippen LogP contribution in [0.5, 0.6) is 0 Å². The molecule has 2 rings (SSSR count). The van der Waals surface area contributed by atoms with Gasteiger partial charge in [0, 0.05) is 12.1 Å². The van der Waals surface area contributed by atoms with E-state index in [2.05, 4.69) is 13.8 Å². The Morgan fingerprint density at radius 2 is 1.62 bits per heavy atom. The van der Waals surface area contributed by atoms with Crippen LogP contribution in [-0.2, 0) is 14.0 Å². The Hall–Kier alpha value is -1.01. The second-order valence-corrected chi connectivity index (χ2v) is 9.51. The van der Waals surface area contributed by atoms with Crippen molar-refractivity contribution in [3.63, 3.8) is 0 Å². The molecule has 0 unspecified atom stereocenters. The van der Waals surface area contributed by atoms with E-state index in [1.54, 1.807) is 4.90 Å². The first-order valence-electron chi connectivity index (χ1n) is 8.69. The van der Waals surface area contributed by atoms with E-state index in [4.69, 9.17) is 14.0 Å². The average Bonchev–Trinajstić information content (AvgIpc) is 2.69. The molecule has 0 radical (unpaired) electrons. The normalized spacial score (nSPS) is 27.0. The summed E-state index contributed by atoms with van der Waals surface area (Å²) in [6.45, 7) is 18.5. The van der Waals surface area contributed by atoms with E-state index in [1.165, 1.54) is 0 Å². The first-order valence-corrected chi connectivity index (χ1v) is 8.69. The molecule has 2 aliphatic rings. The van der Waals surface area contributed by atoms with Crippen LogP contribution in [0.25, 0.3) is 0 Å². The summed E-state index contributed by atoms with van der Waals surface area (Å²) in [7, 11) is -0.376. The molecule has 0 aromatic rings. The highest BCUT2D eigenvalue weighted by Gasteiger charge is 2.51. The van der Waals surface area contributed by atoms with Crippen molar-refractivity contribution in [2.24, 2.45) is 0 Å². The molecular formula is C18H32BNO4. The molecule has 2 fully saturated rings. The number of rotatable bonds is 1. The highest BCUT2D eigenvalue weighted by molar-refractivity contribution is 6.51. The minimum absolute atomic E-state index is 0.273. The van der Waals surface area contributed by atoms with E-state index < -0.39 is 5.60 Å². The van der Waals surface area contributed by atoms with Gasteiger partial charge >= 0.3 is 13.2 Å². The minimum atomic E-state index is -0.495. The largest absolute Gasteiger partial charge is 0.487 e. The van der Waals surface area contributed by atoms with Crippen molar-refractivity contribution in [3.8, 4) is 0 Å². The van der Waals surface area contributed by atoms with Crippen LogP contribution >= 0.6 is 0 Å². The van der Waals surface area contributed by atoms with Crippen molar-refractivity contribution < 1.29 is 18.8 Å². The molecular weight excluding hydrogens is 305 g/mol. The third-order valence-electron chi connectivity index (χ3n) is 5.01. The molecule has 6 heteroatoms. The third kappa shape index (κ3) is 3.97. The predicted octanol–water partition coefficient (Wildman–Crippen LogP) is 3.96. The summed E-state index contributed by atoms with van der Waals surface area (Å²) >= 11 is 0.